The summed E-state index contributed by atoms with van der Waals surface area (Å²) < 4.78 is 5.38. The lowest BCUT2D eigenvalue weighted by molar-refractivity contribution is 0.0232. The summed E-state index contributed by atoms with van der Waals surface area (Å²) in [6, 6.07) is 0. The first-order valence-corrected chi connectivity index (χ1v) is 5.10. The van der Waals surface area contributed by atoms with Crippen molar-refractivity contribution in [3.8, 4) is 0 Å². The first-order chi connectivity index (χ1) is 5.81. The molecule has 0 aliphatic carbocycles. The molecule has 0 bridgehead atoms. The van der Waals surface area contributed by atoms with Crippen molar-refractivity contribution in [1.29, 1.82) is 0 Å². The van der Waals surface area contributed by atoms with Crippen LogP contribution in [0.2, 0.25) is 0 Å². The van der Waals surface area contributed by atoms with Gasteiger partial charge in [-0.1, -0.05) is 6.92 Å². The van der Waals surface area contributed by atoms with Crippen molar-refractivity contribution in [2.24, 2.45) is 11.3 Å². The van der Waals surface area contributed by atoms with Crippen molar-refractivity contribution in [1.82, 2.24) is 5.32 Å². The minimum atomic E-state index is 0.573. The quantitative estimate of drug-likeness (QED) is 0.641. The zero-order valence-corrected chi connectivity index (χ0v) is 7.94. The van der Waals surface area contributed by atoms with Gasteiger partial charge in [0.25, 0.3) is 0 Å². The van der Waals surface area contributed by atoms with E-state index in [0.29, 0.717) is 5.41 Å². The lowest BCUT2D eigenvalue weighted by atomic mass is 9.73. The Bertz CT molecular complexity index is 146. The second-order valence-electron chi connectivity index (χ2n) is 4.47. The molecular formula is C10H19NO. The summed E-state index contributed by atoms with van der Waals surface area (Å²) in [4.78, 5) is 0. The SMILES string of the molecule is CC1(C2CCOCC2)CCNC1. The normalized spacial score (nSPS) is 38.8. The van der Waals surface area contributed by atoms with Gasteiger partial charge in [0.2, 0.25) is 0 Å². The van der Waals surface area contributed by atoms with Crippen LogP contribution >= 0.6 is 0 Å². The molecule has 2 fully saturated rings. The maximum atomic E-state index is 5.38. The largest absolute Gasteiger partial charge is 0.381 e. The molecule has 0 amide bonds. The molecule has 0 spiro atoms. The molecule has 2 nitrogen and oxygen atoms in total. The zero-order chi connectivity index (χ0) is 8.44. The van der Waals surface area contributed by atoms with Gasteiger partial charge in [-0.25, -0.2) is 0 Å². The number of nitrogens with one attached hydrogen (secondary N) is 1. The van der Waals surface area contributed by atoms with Crippen LogP contribution in [0.25, 0.3) is 0 Å². The van der Waals surface area contributed by atoms with E-state index in [4.69, 9.17) is 4.74 Å². The van der Waals surface area contributed by atoms with Gasteiger partial charge in [-0.2, -0.15) is 0 Å². The lowest BCUT2D eigenvalue weighted by Crippen LogP contribution is -2.34. The van der Waals surface area contributed by atoms with Crippen LogP contribution in [-0.2, 0) is 4.74 Å². The maximum absolute atomic E-state index is 5.38. The van der Waals surface area contributed by atoms with E-state index >= 15 is 0 Å². The van der Waals surface area contributed by atoms with Crippen molar-refractivity contribution >= 4 is 0 Å². The summed E-state index contributed by atoms with van der Waals surface area (Å²) in [7, 11) is 0. The smallest absolute Gasteiger partial charge is 0.0468 e. The summed E-state index contributed by atoms with van der Waals surface area (Å²) in [5, 5.41) is 3.47. The Morgan fingerprint density at radius 3 is 2.67 bits per heavy atom. The molecule has 2 saturated heterocycles. The van der Waals surface area contributed by atoms with E-state index in [-0.39, 0.29) is 0 Å². The molecule has 2 heterocycles. The standard InChI is InChI=1S/C10H19NO/c1-10(4-5-11-8-10)9-2-6-12-7-3-9/h9,11H,2-8H2,1H3. The van der Waals surface area contributed by atoms with E-state index < -0.39 is 0 Å². The van der Waals surface area contributed by atoms with E-state index in [0.717, 1.165) is 19.1 Å². The Labute approximate surface area is 74.7 Å². The highest BCUT2D eigenvalue weighted by atomic mass is 16.5. The second kappa shape index (κ2) is 3.35. The van der Waals surface area contributed by atoms with E-state index in [2.05, 4.69) is 12.2 Å². The first-order valence-electron chi connectivity index (χ1n) is 5.10. The minimum Gasteiger partial charge on any atom is -0.381 e. The topological polar surface area (TPSA) is 21.3 Å². The lowest BCUT2D eigenvalue weighted by Gasteiger charge is -2.36. The Kier molecular flexibility index (Phi) is 2.37. The van der Waals surface area contributed by atoms with Crippen LogP contribution in [0.4, 0.5) is 0 Å². The fraction of sp³-hybridized carbons (Fsp3) is 1.00. The number of hydrogen-bond donors (Lipinski definition) is 1. The van der Waals surface area contributed by atoms with Crippen LogP contribution < -0.4 is 5.32 Å². The van der Waals surface area contributed by atoms with Gasteiger partial charge in [-0.15, -0.1) is 0 Å². The molecule has 2 rings (SSSR count). The van der Waals surface area contributed by atoms with Gasteiger partial charge in [0.15, 0.2) is 0 Å². The Morgan fingerprint density at radius 1 is 1.33 bits per heavy atom. The molecule has 0 aromatic carbocycles. The van der Waals surface area contributed by atoms with Crippen molar-refractivity contribution in [3.63, 3.8) is 0 Å². The van der Waals surface area contributed by atoms with Gasteiger partial charge in [0.1, 0.15) is 0 Å². The van der Waals surface area contributed by atoms with E-state index in [9.17, 15) is 0 Å². The number of ether oxygens (including phenoxy) is 1. The molecule has 0 saturated carbocycles. The van der Waals surface area contributed by atoms with E-state index in [1.54, 1.807) is 0 Å². The van der Waals surface area contributed by atoms with Gasteiger partial charge >= 0.3 is 0 Å². The summed E-state index contributed by atoms with van der Waals surface area (Å²) in [6.07, 6.45) is 3.91. The molecule has 0 aromatic rings. The molecule has 2 aliphatic heterocycles. The molecule has 2 heteroatoms. The van der Waals surface area contributed by atoms with Crippen molar-refractivity contribution in [3.05, 3.63) is 0 Å². The molecule has 1 atom stereocenters. The summed E-state index contributed by atoms with van der Waals surface area (Å²) in [5.74, 6) is 0.904. The van der Waals surface area contributed by atoms with Gasteiger partial charge in [0, 0.05) is 19.8 Å². The Hall–Kier alpha value is -0.0800. The van der Waals surface area contributed by atoms with Gasteiger partial charge < -0.3 is 10.1 Å². The average Bonchev–Trinajstić information content (AvgIpc) is 2.55. The molecule has 2 aliphatic rings. The van der Waals surface area contributed by atoms with Crippen LogP contribution in [0, 0.1) is 11.3 Å². The third-order valence-electron chi connectivity index (χ3n) is 3.61. The van der Waals surface area contributed by atoms with Gasteiger partial charge in [0.05, 0.1) is 0 Å². The molecule has 1 unspecified atom stereocenters. The molecule has 1 N–H and O–H groups in total. The van der Waals surface area contributed by atoms with Crippen LogP contribution in [0.15, 0.2) is 0 Å². The predicted molar refractivity (Wildman–Crippen MR) is 49.1 cm³/mol. The zero-order valence-electron chi connectivity index (χ0n) is 7.94. The average molecular weight is 169 g/mol. The van der Waals surface area contributed by atoms with Crippen LogP contribution in [0.1, 0.15) is 26.2 Å². The Morgan fingerprint density at radius 2 is 2.08 bits per heavy atom. The molecular weight excluding hydrogens is 150 g/mol. The molecule has 0 aromatic heterocycles. The monoisotopic (exact) mass is 169 g/mol. The fourth-order valence-corrected chi connectivity index (χ4v) is 2.58. The summed E-state index contributed by atoms with van der Waals surface area (Å²) in [5.41, 5.74) is 0.573. The van der Waals surface area contributed by atoms with Gasteiger partial charge in [-0.3, -0.25) is 0 Å². The van der Waals surface area contributed by atoms with Crippen LogP contribution in [0.5, 0.6) is 0 Å². The second-order valence-corrected chi connectivity index (χ2v) is 4.47. The number of rotatable bonds is 1. The highest BCUT2D eigenvalue weighted by Gasteiger charge is 2.37. The van der Waals surface area contributed by atoms with Crippen LogP contribution in [-0.4, -0.2) is 26.3 Å². The maximum Gasteiger partial charge on any atom is 0.0468 e. The Balaban J connectivity index is 1.96. The highest BCUT2D eigenvalue weighted by Crippen LogP contribution is 2.39. The predicted octanol–water partition coefficient (Wildman–Crippen LogP) is 1.41. The summed E-state index contributed by atoms with van der Waals surface area (Å²) in [6.45, 7) is 6.84. The van der Waals surface area contributed by atoms with Crippen molar-refractivity contribution in [2.75, 3.05) is 26.3 Å². The molecule has 0 radical (unpaired) electrons. The van der Waals surface area contributed by atoms with Gasteiger partial charge in [-0.05, 0) is 37.1 Å². The fourth-order valence-electron chi connectivity index (χ4n) is 2.58. The third-order valence-corrected chi connectivity index (χ3v) is 3.61. The van der Waals surface area contributed by atoms with Crippen molar-refractivity contribution < 1.29 is 4.74 Å². The summed E-state index contributed by atoms with van der Waals surface area (Å²) >= 11 is 0. The van der Waals surface area contributed by atoms with E-state index in [1.165, 1.54) is 32.4 Å². The number of hydrogen-bond acceptors (Lipinski definition) is 2. The van der Waals surface area contributed by atoms with E-state index in [1.807, 2.05) is 0 Å². The highest BCUT2D eigenvalue weighted by molar-refractivity contribution is 4.90. The van der Waals surface area contributed by atoms with Crippen molar-refractivity contribution in [2.45, 2.75) is 26.2 Å². The first kappa shape index (κ1) is 8.52. The minimum absolute atomic E-state index is 0.573. The van der Waals surface area contributed by atoms with Crippen LogP contribution in [0.3, 0.4) is 0 Å². The third kappa shape index (κ3) is 1.50. The molecule has 70 valence electrons. The molecule has 12 heavy (non-hydrogen) atoms.